The number of amides is 1. The molecule has 1 aromatic carbocycles. The Labute approximate surface area is 137 Å². The topological polar surface area (TPSA) is 63.1 Å². The maximum atomic E-state index is 12.4. The number of carbonyl (C=O) groups excluding carboxylic acids is 1. The van der Waals surface area contributed by atoms with Gasteiger partial charge >= 0.3 is 0 Å². The molecule has 6 heteroatoms. The molecular formula is C17H25N5O. The third-order valence-electron chi connectivity index (χ3n) is 3.39. The van der Waals surface area contributed by atoms with E-state index in [4.69, 9.17) is 0 Å². The predicted molar refractivity (Wildman–Crippen MR) is 90.6 cm³/mol. The lowest BCUT2D eigenvalue weighted by atomic mass is 10.0. The number of carbonyl (C=O) groups is 1. The third kappa shape index (κ3) is 5.17. The van der Waals surface area contributed by atoms with Gasteiger partial charge in [-0.05, 0) is 38.6 Å². The molecule has 0 aliphatic rings. The Morgan fingerprint density at radius 1 is 1.26 bits per heavy atom. The third-order valence-corrected chi connectivity index (χ3v) is 3.39. The highest BCUT2D eigenvalue weighted by molar-refractivity contribution is 5.90. The molecule has 0 radical (unpaired) electrons. The van der Waals surface area contributed by atoms with Crippen LogP contribution in [0.5, 0.6) is 0 Å². The molecule has 0 bridgehead atoms. The van der Waals surface area contributed by atoms with Gasteiger partial charge in [-0.3, -0.25) is 4.79 Å². The van der Waals surface area contributed by atoms with Crippen LogP contribution in [0.4, 0.5) is 0 Å². The summed E-state index contributed by atoms with van der Waals surface area (Å²) in [4.78, 5) is 18.6. The van der Waals surface area contributed by atoms with E-state index in [0.717, 1.165) is 18.7 Å². The minimum Gasteiger partial charge on any atom is -0.345 e. The van der Waals surface area contributed by atoms with E-state index in [0.29, 0.717) is 5.92 Å². The molecular weight excluding hydrogens is 290 g/mol. The van der Waals surface area contributed by atoms with Crippen LogP contribution in [0.2, 0.25) is 0 Å². The molecule has 1 aromatic heterocycles. The zero-order chi connectivity index (χ0) is 16.8. The normalized spacial score (nSPS) is 12.6. The van der Waals surface area contributed by atoms with Crippen LogP contribution in [-0.4, -0.2) is 52.3 Å². The summed E-state index contributed by atoms with van der Waals surface area (Å²) < 4.78 is 1.61. The Kier molecular flexibility index (Phi) is 5.87. The van der Waals surface area contributed by atoms with Gasteiger partial charge in [-0.2, -0.15) is 0 Å². The van der Waals surface area contributed by atoms with Crippen LogP contribution in [-0.2, 0) is 0 Å². The Hall–Kier alpha value is -2.21. The average Bonchev–Trinajstić information content (AvgIpc) is 2.96. The van der Waals surface area contributed by atoms with Gasteiger partial charge in [0.15, 0.2) is 0 Å². The van der Waals surface area contributed by atoms with E-state index >= 15 is 0 Å². The average molecular weight is 315 g/mol. The lowest BCUT2D eigenvalue weighted by molar-refractivity contribution is 0.0914. The first-order valence-electron chi connectivity index (χ1n) is 7.88. The van der Waals surface area contributed by atoms with Crippen LogP contribution in [0, 0.1) is 5.92 Å². The highest BCUT2D eigenvalue weighted by atomic mass is 16.2. The van der Waals surface area contributed by atoms with Crippen molar-refractivity contribution in [2.24, 2.45) is 5.92 Å². The van der Waals surface area contributed by atoms with Crippen molar-refractivity contribution in [2.45, 2.75) is 26.3 Å². The lowest BCUT2D eigenvalue weighted by Gasteiger charge is -2.23. The van der Waals surface area contributed by atoms with E-state index in [-0.39, 0.29) is 17.8 Å². The van der Waals surface area contributed by atoms with Crippen LogP contribution in [0.3, 0.4) is 0 Å². The summed E-state index contributed by atoms with van der Waals surface area (Å²) in [6.45, 7) is 5.09. The second-order valence-electron chi connectivity index (χ2n) is 6.41. The SMILES string of the molecule is CC(C)C[C@@H](CN(C)C)NC(=O)c1ncn(-c2ccccc2)n1. The zero-order valence-corrected chi connectivity index (χ0v) is 14.2. The lowest BCUT2D eigenvalue weighted by Crippen LogP contribution is -2.42. The molecule has 2 rings (SSSR count). The van der Waals surface area contributed by atoms with E-state index < -0.39 is 0 Å². The number of hydrogen-bond donors (Lipinski definition) is 1. The molecule has 0 fully saturated rings. The van der Waals surface area contributed by atoms with Crippen molar-refractivity contribution in [1.82, 2.24) is 25.0 Å². The molecule has 23 heavy (non-hydrogen) atoms. The van der Waals surface area contributed by atoms with Gasteiger partial charge in [0.05, 0.1) is 5.69 Å². The van der Waals surface area contributed by atoms with Crippen molar-refractivity contribution in [3.63, 3.8) is 0 Å². The quantitative estimate of drug-likeness (QED) is 0.848. The minimum atomic E-state index is -0.229. The van der Waals surface area contributed by atoms with Gasteiger partial charge < -0.3 is 10.2 Å². The fraction of sp³-hybridized carbons (Fsp3) is 0.471. The number of hydrogen-bond acceptors (Lipinski definition) is 4. The van der Waals surface area contributed by atoms with Gasteiger partial charge in [-0.1, -0.05) is 32.0 Å². The first-order chi connectivity index (χ1) is 11.0. The highest BCUT2D eigenvalue weighted by Crippen LogP contribution is 2.08. The maximum Gasteiger partial charge on any atom is 0.291 e. The van der Waals surface area contributed by atoms with Crippen molar-refractivity contribution in [3.8, 4) is 5.69 Å². The molecule has 6 nitrogen and oxygen atoms in total. The van der Waals surface area contributed by atoms with E-state index in [2.05, 4.69) is 34.1 Å². The molecule has 0 unspecified atom stereocenters. The van der Waals surface area contributed by atoms with Crippen LogP contribution < -0.4 is 5.32 Å². The second kappa shape index (κ2) is 7.87. The first kappa shape index (κ1) is 17.1. The van der Waals surface area contributed by atoms with Crippen LogP contribution in [0.15, 0.2) is 36.7 Å². The molecule has 124 valence electrons. The largest absolute Gasteiger partial charge is 0.345 e. The van der Waals surface area contributed by atoms with Gasteiger partial charge in [0.25, 0.3) is 5.91 Å². The summed E-state index contributed by atoms with van der Waals surface area (Å²) in [7, 11) is 4.00. The Balaban J connectivity index is 2.06. The molecule has 2 aromatic rings. The molecule has 1 amide bonds. The number of benzene rings is 1. The zero-order valence-electron chi connectivity index (χ0n) is 14.2. The Morgan fingerprint density at radius 3 is 2.57 bits per heavy atom. The number of aromatic nitrogens is 3. The van der Waals surface area contributed by atoms with E-state index in [1.165, 1.54) is 0 Å². The summed E-state index contributed by atoms with van der Waals surface area (Å²) in [5.74, 6) is 0.476. The Morgan fingerprint density at radius 2 is 1.96 bits per heavy atom. The summed E-state index contributed by atoms with van der Waals surface area (Å²) in [6.07, 6.45) is 2.48. The molecule has 0 aliphatic heterocycles. The predicted octanol–water partition coefficient (Wildman–Crippen LogP) is 1.97. The molecule has 0 aliphatic carbocycles. The monoisotopic (exact) mass is 315 g/mol. The van der Waals surface area contributed by atoms with Gasteiger partial charge in [-0.15, -0.1) is 5.10 Å². The molecule has 1 N–H and O–H groups in total. The van der Waals surface area contributed by atoms with Crippen molar-refractivity contribution in [1.29, 1.82) is 0 Å². The van der Waals surface area contributed by atoms with Crippen molar-refractivity contribution < 1.29 is 4.79 Å². The molecule has 0 saturated carbocycles. The fourth-order valence-corrected chi connectivity index (χ4v) is 2.51. The van der Waals surface area contributed by atoms with Gasteiger partial charge in [0, 0.05) is 12.6 Å². The van der Waals surface area contributed by atoms with Crippen molar-refractivity contribution in [2.75, 3.05) is 20.6 Å². The number of nitrogens with one attached hydrogen (secondary N) is 1. The van der Waals surface area contributed by atoms with E-state index in [1.54, 1.807) is 11.0 Å². The van der Waals surface area contributed by atoms with E-state index in [1.807, 2.05) is 44.4 Å². The first-order valence-corrected chi connectivity index (χ1v) is 7.88. The fourth-order valence-electron chi connectivity index (χ4n) is 2.51. The highest BCUT2D eigenvalue weighted by Gasteiger charge is 2.19. The number of rotatable bonds is 7. The van der Waals surface area contributed by atoms with E-state index in [9.17, 15) is 4.79 Å². The smallest absolute Gasteiger partial charge is 0.291 e. The number of likely N-dealkylation sites (N-methyl/N-ethyl adjacent to an activating group) is 1. The van der Waals surface area contributed by atoms with Gasteiger partial charge in [-0.25, -0.2) is 9.67 Å². The number of nitrogens with zero attached hydrogens (tertiary/aromatic N) is 4. The molecule has 0 spiro atoms. The molecule has 0 saturated heterocycles. The van der Waals surface area contributed by atoms with Crippen LogP contribution in [0.25, 0.3) is 5.69 Å². The maximum absolute atomic E-state index is 12.4. The molecule has 1 heterocycles. The van der Waals surface area contributed by atoms with Crippen molar-refractivity contribution >= 4 is 5.91 Å². The summed E-state index contributed by atoms with van der Waals surface area (Å²) >= 11 is 0. The Bertz CT molecular complexity index is 611. The summed E-state index contributed by atoms with van der Waals surface area (Å²) in [5.41, 5.74) is 0.881. The van der Waals surface area contributed by atoms with Crippen LogP contribution in [0.1, 0.15) is 30.9 Å². The molecule has 1 atom stereocenters. The van der Waals surface area contributed by atoms with Gasteiger partial charge in [0.2, 0.25) is 5.82 Å². The standard InChI is InChI=1S/C17H25N5O/c1-13(2)10-14(11-21(3)4)19-17(23)16-18-12-22(20-16)15-8-6-5-7-9-15/h5-9,12-14H,10-11H2,1-4H3,(H,19,23)/t14-/m0/s1. The van der Waals surface area contributed by atoms with Gasteiger partial charge in [0.1, 0.15) is 6.33 Å². The summed E-state index contributed by atoms with van der Waals surface area (Å²) in [5, 5.41) is 7.31. The van der Waals surface area contributed by atoms with Crippen molar-refractivity contribution in [3.05, 3.63) is 42.5 Å². The summed E-state index contributed by atoms with van der Waals surface area (Å²) in [6, 6.07) is 9.71. The van der Waals surface area contributed by atoms with Crippen LogP contribution >= 0.6 is 0 Å². The number of para-hydroxylation sites is 1. The minimum absolute atomic E-state index is 0.0844. The second-order valence-corrected chi connectivity index (χ2v) is 6.41.